The molecule has 2 aliphatic carbocycles. The molecule has 1 spiro atoms. The first-order valence-corrected chi connectivity index (χ1v) is 8.20. The highest BCUT2D eigenvalue weighted by molar-refractivity contribution is 6.00. The number of carbonyl (C=O) groups excluding carboxylic acids is 2. The Hall–Kier alpha value is -1.06. The van der Waals surface area contributed by atoms with Gasteiger partial charge in [-0.05, 0) is 43.9 Å². The first-order chi connectivity index (χ1) is 9.57. The van der Waals surface area contributed by atoms with Gasteiger partial charge in [-0.2, -0.15) is 0 Å². The molecule has 2 atom stereocenters. The van der Waals surface area contributed by atoms with E-state index in [4.69, 9.17) is 0 Å². The normalized spacial score (nSPS) is 30.7. The standard InChI is InChI=1S/C16H26N2O2/c1-3-13-14(19)17-16(8-4-5-9-16)15(20)18(13)10-11(2)12-6-7-12/h11-13H,3-10H2,1-2H3,(H,17,19). The van der Waals surface area contributed by atoms with Crippen LogP contribution >= 0.6 is 0 Å². The lowest BCUT2D eigenvalue weighted by molar-refractivity contribution is -0.155. The van der Waals surface area contributed by atoms with Crippen LogP contribution in [0.1, 0.15) is 58.8 Å². The lowest BCUT2D eigenvalue weighted by Gasteiger charge is -2.45. The molecule has 0 aromatic carbocycles. The van der Waals surface area contributed by atoms with E-state index in [2.05, 4.69) is 12.2 Å². The van der Waals surface area contributed by atoms with Crippen LogP contribution in [0.3, 0.4) is 0 Å². The average molecular weight is 278 g/mol. The van der Waals surface area contributed by atoms with Gasteiger partial charge >= 0.3 is 0 Å². The number of piperazine rings is 1. The van der Waals surface area contributed by atoms with Gasteiger partial charge in [0, 0.05) is 6.54 Å². The topological polar surface area (TPSA) is 49.4 Å². The molecule has 4 heteroatoms. The molecule has 0 bridgehead atoms. The van der Waals surface area contributed by atoms with Crippen LogP contribution in [0.4, 0.5) is 0 Å². The maximum atomic E-state index is 13.0. The van der Waals surface area contributed by atoms with Crippen LogP contribution in [0.2, 0.25) is 0 Å². The molecule has 4 nitrogen and oxygen atoms in total. The maximum absolute atomic E-state index is 13.0. The Morgan fingerprint density at radius 2 is 1.95 bits per heavy atom. The number of hydrogen-bond acceptors (Lipinski definition) is 2. The van der Waals surface area contributed by atoms with Crippen LogP contribution in [0, 0.1) is 11.8 Å². The van der Waals surface area contributed by atoms with Crippen LogP contribution in [-0.2, 0) is 9.59 Å². The van der Waals surface area contributed by atoms with E-state index in [0.29, 0.717) is 12.3 Å². The third-order valence-corrected chi connectivity index (χ3v) is 5.47. The van der Waals surface area contributed by atoms with Crippen LogP contribution in [0.5, 0.6) is 0 Å². The number of amides is 2. The SMILES string of the molecule is CCC1C(=O)NC2(CCCC2)C(=O)N1CC(C)C1CC1. The van der Waals surface area contributed by atoms with Crippen LogP contribution in [0.15, 0.2) is 0 Å². The van der Waals surface area contributed by atoms with Crippen molar-refractivity contribution >= 4 is 11.8 Å². The van der Waals surface area contributed by atoms with Crippen LogP contribution in [-0.4, -0.2) is 34.8 Å². The molecular weight excluding hydrogens is 252 g/mol. The van der Waals surface area contributed by atoms with Crippen LogP contribution in [0.25, 0.3) is 0 Å². The lowest BCUT2D eigenvalue weighted by atomic mass is 9.89. The van der Waals surface area contributed by atoms with E-state index >= 15 is 0 Å². The summed E-state index contributed by atoms with van der Waals surface area (Å²) in [4.78, 5) is 27.3. The van der Waals surface area contributed by atoms with Gasteiger partial charge in [-0.25, -0.2) is 0 Å². The summed E-state index contributed by atoms with van der Waals surface area (Å²) in [5.74, 6) is 1.55. The molecule has 3 aliphatic rings. The fourth-order valence-electron chi connectivity index (χ4n) is 3.99. The average Bonchev–Trinajstić information content (AvgIpc) is 3.17. The minimum Gasteiger partial charge on any atom is -0.340 e. The summed E-state index contributed by atoms with van der Waals surface area (Å²) in [6, 6.07) is -0.255. The van der Waals surface area contributed by atoms with Gasteiger partial charge in [0.15, 0.2) is 0 Å². The molecule has 0 aromatic heterocycles. The van der Waals surface area contributed by atoms with E-state index < -0.39 is 5.54 Å². The second-order valence-electron chi connectivity index (χ2n) is 6.97. The predicted molar refractivity (Wildman–Crippen MR) is 77.0 cm³/mol. The van der Waals surface area contributed by atoms with E-state index in [-0.39, 0.29) is 17.9 Å². The molecule has 3 rings (SSSR count). The lowest BCUT2D eigenvalue weighted by Crippen LogP contribution is -2.69. The van der Waals surface area contributed by atoms with Crippen molar-refractivity contribution in [2.45, 2.75) is 70.4 Å². The summed E-state index contributed by atoms with van der Waals surface area (Å²) in [5.41, 5.74) is -0.563. The zero-order valence-corrected chi connectivity index (χ0v) is 12.7. The molecule has 1 saturated heterocycles. The van der Waals surface area contributed by atoms with Crippen molar-refractivity contribution in [2.24, 2.45) is 11.8 Å². The Bertz CT molecular complexity index is 411. The Morgan fingerprint density at radius 1 is 1.30 bits per heavy atom. The summed E-state index contributed by atoms with van der Waals surface area (Å²) in [5, 5.41) is 3.06. The summed E-state index contributed by atoms with van der Waals surface area (Å²) in [6.07, 6.45) is 7.04. The Balaban J connectivity index is 1.81. The van der Waals surface area contributed by atoms with Gasteiger partial charge in [0.05, 0.1) is 0 Å². The molecule has 0 radical (unpaired) electrons. The number of nitrogens with zero attached hydrogens (tertiary/aromatic N) is 1. The van der Waals surface area contributed by atoms with Crippen molar-refractivity contribution in [1.29, 1.82) is 0 Å². The van der Waals surface area contributed by atoms with Crippen molar-refractivity contribution in [1.82, 2.24) is 10.2 Å². The second-order valence-corrected chi connectivity index (χ2v) is 6.97. The highest BCUT2D eigenvalue weighted by Gasteiger charge is 2.52. The zero-order valence-electron chi connectivity index (χ0n) is 12.7. The zero-order chi connectivity index (χ0) is 14.3. The van der Waals surface area contributed by atoms with E-state index in [1.165, 1.54) is 12.8 Å². The molecule has 1 aliphatic heterocycles. The van der Waals surface area contributed by atoms with Crippen molar-refractivity contribution in [3.8, 4) is 0 Å². The third-order valence-electron chi connectivity index (χ3n) is 5.47. The molecule has 1 N–H and O–H groups in total. The van der Waals surface area contributed by atoms with E-state index in [0.717, 1.165) is 38.1 Å². The van der Waals surface area contributed by atoms with Crippen molar-refractivity contribution in [3.05, 3.63) is 0 Å². The molecule has 20 heavy (non-hydrogen) atoms. The monoisotopic (exact) mass is 278 g/mol. The molecule has 112 valence electrons. The summed E-state index contributed by atoms with van der Waals surface area (Å²) >= 11 is 0. The minimum atomic E-state index is -0.563. The van der Waals surface area contributed by atoms with Crippen LogP contribution < -0.4 is 5.32 Å². The molecule has 1 heterocycles. The fourth-order valence-corrected chi connectivity index (χ4v) is 3.99. The van der Waals surface area contributed by atoms with Crippen molar-refractivity contribution < 1.29 is 9.59 Å². The number of nitrogens with one attached hydrogen (secondary N) is 1. The number of rotatable bonds is 4. The fraction of sp³-hybridized carbons (Fsp3) is 0.875. The molecule has 0 aromatic rings. The quantitative estimate of drug-likeness (QED) is 0.856. The van der Waals surface area contributed by atoms with Crippen molar-refractivity contribution in [2.75, 3.05) is 6.54 Å². The number of carbonyl (C=O) groups is 2. The van der Waals surface area contributed by atoms with Gasteiger partial charge in [-0.15, -0.1) is 0 Å². The molecule has 2 saturated carbocycles. The second kappa shape index (κ2) is 5.05. The summed E-state index contributed by atoms with van der Waals surface area (Å²) in [7, 11) is 0. The largest absolute Gasteiger partial charge is 0.340 e. The van der Waals surface area contributed by atoms with E-state index in [1.807, 2.05) is 11.8 Å². The highest BCUT2D eigenvalue weighted by atomic mass is 16.2. The smallest absolute Gasteiger partial charge is 0.249 e. The van der Waals surface area contributed by atoms with Gasteiger partial charge in [-0.3, -0.25) is 9.59 Å². The molecule has 2 amide bonds. The summed E-state index contributed by atoms with van der Waals surface area (Å²) < 4.78 is 0. The van der Waals surface area contributed by atoms with Gasteiger partial charge in [0.2, 0.25) is 11.8 Å². The summed E-state index contributed by atoms with van der Waals surface area (Å²) in [6.45, 7) is 4.99. The Labute approximate surface area is 121 Å². The number of hydrogen-bond donors (Lipinski definition) is 1. The Morgan fingerprint density at radius 3 is 2.50 bits per heavy atom. The van der Waals surface area contributed by atoms with Gasteiger partial charge < -0.3 is 10.2 Å². The first kappa shape index (κ1) is 13.9. The van der Waals surface area contributed by atoms with E-state index in [1.54, 1.807) is 0 Å². The van der Waals surface area contributed by atoms with Crippen molar-refractivity contribution in [3.63, 3.8) is 0 Å². The maximum Gasteiger partial charge on any atom is 0.249 e. The molecule has 2 unspecified atom stereocenters. The first-order valence-electron chi connectivity index (χ1n) is 8.20. The highest BCUT2D eigenvalue weighted by Crippen LogP contribution is 2.39. The van der Waals surface area contributed by atoms with Gasteiger partial charge in [0.1, 0.15) is 11.6 Å². The van der Waals surface area contributed by atoms with Gasteiger partial charge in [-0.1, -0.05) is 26.7 Å². The molecule has 3 fully saturated rings. The minimum absolute atomic E-state index is 0.0667. The van der Waals surface area contributed by atoms with Gasteiger partial charge in [0.25, 0.3) is 0 Å². The molecular formula is C16H26N2O2. The predicted octanol–water partition coefficient (Wildman–Crippen LogP) is 2.08. The Kier molecular flexibility index (Phi) is 3.51. The third kappa shape index (κ3) is 2.23. The van der Waals surface area contributed by atoms with E-state index in [9.17, 15) is 9.59 Å².